The first-order valence-corrected chi connectivity index (χ1v) is 23.7. The molecule has 0 aliphatic rings. The summed E-state index contributed by atoms with van der Waals surface area (Å²) in [4.78, 5) is 31.5. The molecule has 0 saturated heterocycles. The molecule has 0 spiro atoms. The van der Waals surface area contributed by atoms with Gasteiger partial charge in [-0.2, -0.15) is 9.97 Å². The Labute approximate surface area is 399 Å². The number of fused-ring (bicyclic) bond motifs is 10. The molecule has 322 valence electrons. The molecule has 0 fully saturated rings. The first-order chi connectivity index (χ1) is 34.2. The van der Waals surface area contributed by atoms with Gasteiger partial charge in [0.1, 0.15) is 0 Å². The Hall–Kier alpha value is -9.18. The minimum absolute atomic E-state index is 0.525. The lowest BCUT2D eigenvalue weighted by molar-refractivity contribution is 0.953. The first kappa shape index (κ1) is 39.0. The summed E-state index contributed by atoms with van der Waals surface area (Å²) in [7, 11) is 0. The van der Waals surface area contributed by atoms with E-state index in [0.717, 1.165) is 77.1 Å². The number of para-hydroxylation sites is 3. The Balaban J connectivity index is 1.07. The molecule has 0 bridgehead atoms. The van der Waals surface area contributed by atoms with E-state index in [2.05, 4.69) is 149 Å². The Morgan fingerprint density at radius 1 is 0.290 bits per heavy atom. The van der Waals surface area contributed by atoms with Gasteiger partial charge >= 0.3 is 0 Å². The Morgan fingerprint density at radius 3 is 1.35 bits per heavy atom. The predicted molar refractivity (Wildman–Crippen MR) is 282 cm³/mol. The molecule has 69 heavy (non-hydrogen) atoms. The SMILES string of the molecule is c1ccc(-c2nc(-c3ccccc3)nc(-c3ccccc3-n3c4ccccc4c4ccc5c6ccccc6n(-c6nc(-c7ccccc7)nc(-c7ccc8c(c7)sc7ccccc78)n6)c5c43)n2)cc1. The molecule has 5 heterocycles. The summed E-state index contributed by atoms with van der Waals surface area (Å²) in [6.07, 6.45) is 0. The normalized spacial score (nSPS) is 11.8. The van der Waals surface area contributed by atoms with Crippen molar-refractivity contribution >= 4 is 75.1 Å². The number of benzene rings is 9. The number of hydrogen-bond acceptors (Lipinski definition) is 7. The van der Waals surface area contributed by atoms with Gasteiger partial charge in [0.25, 0.3) is 0 Å². The summed E-state index contributed by atoms with van der Waals surface area (Å²) in [5.74, 6) is 3.49. The summed E-state index contributed by atoms with van der Waals surface area (Å²) in [5, 5.41) is 6.85. The number of thiophene rings is 1. The average molecular weight is 901 g/mol. The zero-order chi connectivity index (χ0) is 45.4. The smallest absolute Gasteiger partial charge is 0.238 e. The van der Waals surface area contributed by atoms with E-state index in [1.807, 2.05) is 78.9 Å². The molecule has 0 saturated carbocycles. The van der Waals surface area contributed by atoms with Crippen molar-refractivity contribution in [2.75, 3.05) is 0 Å². The first-order valence-electron chi connectivity index (χ1n) is 22.9. The molecule has 0 unspecified atom stereocenters. The van der Waals surface area contributed by atoms with Crippen molar-refractivity contribution in [2.24, 2.45) is 0 Å². The lowest BCUT2D eigenvalue weighted by atomic mass is 10.1. The van der Waals surface area contributed by atoms with Crippen LogP contribution >= 0.6 is 11.3 Å². The highest BCUT2D eigenvalue weighted by molar-refractivity contribution is 7.25. The van der Waals surface area contributed by atoms with Gasteiger partial charge in [0.15, 0.2) is 29.1 Å². The van der Waals surface area contributed by atoms with Gasteiger partial charge in [-0.3, -0.25) is 4.57 Å². The number of hydrogen-bond donors (Lipinski definition) is 0. The maximum Gasteiger partial charge on any atom is 0.238 e. The van der Waals surface area contributed by atoms with E-state index in [-0.39, 0.29) is 0 Å². The van der Waals surface area contributed by atoms with Crippen molar-refractivity contribution in [3.05, 3.63) is 218 Å². The molecule has 0 aliphatic heterocycles. The van der Waals surface area contributed by atoms with Gasteiger partial charge in [-0.15, -0.1) is 11.3 Å². The minimum atomic E-state index is 0.525. The fourth-order valence-electron chi connectivity index (χ4n) is 9.92. The molecule has 0 atom stereocenters. The summed E-state index contributed by atoms with van der Waals surface area (Å²) in [6.45, 7) is 0. The van der Waals surface area contributed by atoms with E-state index >= 15 is 0 Å². The molecule has 14 rings (SSSR count). The van der Waals surface area contributed by atoms with Gasteiger partial charge in [0.2, 0.25) is 5.95 Å². The maximum absolute atomic E-state index is 5.45. The van der Waals surface area contributed by atoms with Crippen molar-refractivity contribution in [2.45, 2.75) is 0 Å². The van der Waals surface area contributed by atoms with E-state index in [0.29, 0.717) is 35.1 Å². The Morgan fingerprint density at radius 2 is 0.725 bits per heavy atom. The topological polar surface area (TPSA) is 87.2 Å². The van der Waals surface area contributed by atoms with Gasteiger partial charge in [-0.25, -0.2) is 19.9 Å². The van der Waals surface area contributed by atoms with Crippen molar-refractivity contribution in [3.63, 3.8) is 0 Å². The van der Waals surface area contributed by atoms with Gasteiger partial charge in [-0.05, 0) is 36.4 Å². The van der Waals surface area contributed by atoms with Gasteiger partial charge in [-0.1, -0.05) is 182 Å². The van der Waals surface area contributed by atoms with Crippen LogP contribution in [0, 0.1) is 0 Å². The molecule has 14 aromatic rings. The molecule has 0 aliphatic carbocycles. The number of nitrogens with zero attached hydrogens (tertiary/aromatic N) is 8. The molecular weight excluding hydrogens is 865 g/mol. The summed E-state index contributed by atoms with van der Waals surface area (Å²) in [5.41, 5.74) is 9.45. The molecule has 5 aromatic heterocycles. The highest BCUT2D eigenvalue weighted by Crippen LogP contribution is 2.43. The van der Waals surface area contributed by atoms with E-state index in [1.165, 1.54) is 20.2 Å². The molecule has 0 amide bonds. The predicted octanol–water partition coefficient (Wildman–Crippen LogP) is 15.0. The highest BCUT2D eigenvalue weighted by atomic mass is 32.1. The van der Waals surface area contributed by atoms with Crippen LogP contribution in [-0.2, 0) is 0 Å². The third-order valence-electron chi connectivity index (χ3n) is 13.0. The van der Waals surface area contributed by atoms with Crippen molar-refractivity contribution in [1.29, 1.82) is 0 Å². The zero-order valence-corrected chi connectivity index (χ0v) is 37.6. The third kappa shape index (κ3) is 6.36. The minimum Gasteiger partial charge on any atom is -0.306 e. The number of aromatic nitrogens is 8. The van der Waals surface area contributed by atoms with Crippen LogP contribution < -0.4 is 0 Å². The second kappa shape index (κ2) is 15.7. The quantitative estimate of drug-likeness (QED) is 0.158. The van der Waals surface area contributed by atoms with Crippen LogP contribution in [-0.4, -0.2) is 39.0 Å². The van der Waals surface area contributed by atoms with Crippen LogP contribution in [0.4, 0.5) is 0 Å². The average Bonchev–Trinajstić information content (AvgIpc) is 4.09. The molecule has 0 N–H and O–H groups in total. The Kier molecular flexibility index (Phi) is 8.90. The Bertz CT molecular complexity index is 4250. The molecule has 8 nitrogen and oxygen atoms in total. The summed E-state index contributed by atoms with van der Waals surface area (Å²) in [6, 6.07) is 75.7. The van der Waals surface area contributed by atoms with Crippen molar-refractivity contribution in [1.82, 2.24) is 39.0 Å². The molecular formula is C60H36N8S. The van der Waals surface area contributed by atoms with Gasteiger partial charge in [0.05, 0.1) is 27.8 Å². The molecule has 0 radical (unpaired) electrons. The van der Waals surface area contributed by atoms with Crippen LogP contribution in [0.5, 0.6) is 0 Å². The fraction of sp³-hybridized carbons (Fsp3) is 0. The monoisotopic (exact) mass is 900 g/mol. The van der Waals surface area contributed by atoms with E-state index < -0.39 is 0 Å². The van der Waals surface area contributed by atoms with E-state index in [1.54, 1.807) is 11.3 Å². The molecule has 9 heteroatoms. The van der Waals surface area contributed by atoms with Crippen molar-refractivity contribution < 1.29 is 0 Å². The van der Waals surface area contributed by atoms with Gasteiger partial charge < -0.3 is 4.57 Å². The zero-order valence-electron chi connectivity index (χ0n) is 36.8. The second-order valence-corrected chi connectivity index (χ2v) is 18.2. The third-order valence-corrected chi connectivity index (χ3v) is 14.2. The van der Waals surface area contributed by atoms with Gasteiger partial charge in [0, 0.05) is 69.5 Å². The summed E-state index contributed by atoms with van der Waals surface area (Å²) >= 11 is 1.79. The van der Waals surface area contributed by atoms with Crippen LogP contribution in [0.15, 0.2) is 218 Å². The van der Waals surface area contributed by atoms with E-state index in [9.17, 15) is 0 Å². The number of rotatable bonds is 7. The highest BCUT2D eigenvalue weighted by Gasteiger charge is 2.25. The standard InChI is InChI=1S/C60H36N8S/c1-4-18-37(19-5-1)55-61-56(38-20-6-2-7-21-38)64-59(63-55)47-27-12-16-30-50(47)67-48-28-14-10-24-41(48)45-34-35-46-42-25-11-15-29-49(42)68(54(46)53(45)67)60-65-57(39-22-8-3-9-23-39)62-58(66-60)40-32-33-44-43-26-13-17-31-51(43)69-52(44)36-40/h1-36H. The van der Waals surface area contributed by atoms with Crippen molar-refractivity contribution in [3.8, 4) is 68.6 Å². The summed E-state index contributed by atoms with van der Waals surface area (Å²) < 4.78 is 7.05. The lowest BCUT2D eigenvalue weighted by Crippen LogP contribution is -2.07. The van der Waals surface area contributed by atoms with E-state index in [4.69, 9.17) is 29.9 Å². The molecule has 9 aromatic carbocycles. The maximum atomic E-state index is 5.45. The van der Waals surface area contributed by atoms with Crippen LogP contribution in [0.25, 0.3) is 132 Å². The van der Waals surface area contributed by atoms with Crippen LogP contribution in [0.2, 0.25) is 0 Å². The largest absolute Gasteiger partial charge is 0.306 e. The fourth-order valence-corrected chi connectivity index (χ4v) is 11.1. The second-order valence-electron chi connectivity index (χ2n) is 17.1. The van der Waals surface area contributed by atoms with Crippen LogP contribution in [0.1, 0.15) is 0 Å². The van der Waals surface area contributed by atoms with Crippen LogP contribution in [0.3, 0.4) is 0 Å². The lowest BCUT2D eigenvalue weighted by Gasteiger charge is -2.16.